The molecule has 53 heavy (non-hydrogen) atoms. The molecule has 2 saturated heterocycles. The number of nitrogens with one attached hydrogen (secondary N) is 4. The molecule has 274 valence electrons. The van der Waals surface area contributed by atoms with E-state index in [4.69, 9.17) is 32.9 Å². The van der Waals surface area contributed by atoms with Crippen molar-refractivity contribution in [2.24, 2.45) is 0 Å². The highest BCUT2D eigenvalue weighted by atomic mass is 35.5. The number of rotatable bonds is 12. The molecular weight excluding hydrogens is 720 g/mol. The van der Waals surface area contributed by atoms with Crippen LogP contribution in [-0.4, -0.2) is 58.5 Å². The fraction of sp³-hybridized carbons (Fsp3) is 0.308. The van der Waals surface area contributed by atoms with E-state index in [1.54, 1.807) is 12.3 Å². The van der Waals surface area contributed by atoms with Crippen molar-refractivity contribution >= 4 is 40.7 Å². The molecule has 4 N–H and O–H groups in total. The Kier molecular flexibility index (Phi) is 10.7. The van der Waals surface area contributed by atoms with Crippen molar-refractivity contribution in [1.82, 2.24) is 35.6 Å². The molecule has 0 saturated carbocycles. The molecule has 3 aromatic heterocycles. The Labute approximate surface area is 315 Å². The number of carbonyl (C=O) groups excluding carboxylic acids is 2. The second-order valence-electron chi connectivity index (χ2n) is 13.3. The Morgan fingerprint density at radius 1 is 0.830 bits per heavy atom. The first-order valence-electron chi connectivity index (χ1n) is 17.4. The van der Waals surface area contributed by atoms with Gasteiger partial charge in [0.05, 0.1) is 34.0 Å². The summed E-state index contributed by atoms with van der Waals surface area (Å²) >= 11 is 14.1. The van der Waals surface area contributed by atoms with E-state index in [2.05, 4.69) is 26.3 Å². The summed E-state index contributed by atoms with van der Waals surface area (Å²) in [5.74, 6) is -0.303. The van der Waals surface area contributed by atoms with Crippen LogP contribution in [0, 0.1) is 12.7 Å². The molecule has 14 heteroatoms. The molecule has 5 aromatic rings. The van der Waals surface area contributed by atoms with Crippen LogP contribution in [0.15, 0.2) is 65.6 Å². The molecule has 2 atom stereocenters. The topological polar surface area (TPSA) is 139 Å². The lowest BCUT2D eigenvalue weighted by molar-refractivity contribution is -0.120. The van der Waals surface area contributed by atoms with Crippen molar-refractivity contribution in [2.75, 3.05) is 20.2 Å². The highest BCUT2D eigenvalue weighted by Crippen LogP contribution is 2.42. The number of halogens is 3. The first-order valence-corrected chi connectivity index (χ1v) is 18.2. The summed E-state index contributed by atoms with van der Waals surface area (Å²) in [6.45, 7) is 3.39. The van der Waals surface area contributed by atoms with E-state index < -0.39 is 5.82 Å². The number of hydrogen-bond donors (Lipinski definition) is 4. The molecule has 0 radical (unpaired) electrons. The predicted octanol–water partition coefficient (Wildman–Crippen LogP) is 5.59. The van der Waals surface area contributed by atoms with Crippen LogP contribution in [0.3, 0.4) is 0 Å². The zero-order chi connectivity index (χ0) is 37.2. The SMILES string of the molecule is COc1nc(-c2cccc(-c3cccc(-c4ccn5c(=O)c(CNC[C@H]6CCC(=O)N6)c(C)nc5c4)c3Cl)c2Cl)cc(F)c1CNC[C@H]1CCC(=O)N1. The number of amides is 2. The standard InChI is InChI=1S/C39H38Cl2FN7O4/c1-21-29(19-43-17-23-9-11-34(50)46-23)39(52)49-14-13-22(15-33(49)45-21)25-5-3-6-26(36(25)40)27-7-4-8-28(37(27)41)32-16-31(42)30(38(48-32)53-2)20-44-18-24-10-12-35(51)47-24/h3-8,13-16,23-24,43-44H,9-12,17-20H2,1-2H3,(H,46,50)(H,47,51)/t23-,24-/m1/s1. The smallest absolute Gasteiger partial charge is 0.262 e. The second-order valence-corrected chi connectivity index (χ2v) is 14.1. The van der Waals surface area contributed by atoms with Gasteiger partial charge in [-0.3, -0.25) is 18.8 Å². The van der Waals surface area contributed by atoms with E-state index in [0.717, 1.165) is 18.4 Å². The molecule has 2 fully saturated rings. The van der Waals surface area contributed by atoms with Crippen molar-refractivity contribution in [3.63, 3.8) is 0 Å². The zero-order valence-corrected chi connectivity index (χ0v) is 30.7. The number of aryl methyl sites for hydroxylation is 1. The van der Waals surface area contributed by atoms with Gasteiger partial charge in [-0.05, 0) is 37.5 Å². The average molecular weight is 759 g/mol. The summed E-state index contributed by atoms with van der Waals surface area (Å²) in [4.78, 5) is 45.9. The van der Waals surface area contributed by atoms with Crippen LogP contribution in [0.5, 0.6) is 5.88 Å². The van der Waals surface area contributed by atoms with Gasteiger partial charge in [-0.15, -0.1) is 0 Å². The van der Waals surface area contributed by atoms with Crippen LogP contribution in [0.25, 0.3) is 39.2 Å². The van der Waals surface area contributed by atoms with Crippen molar-refractivity contribution < 1.29 is 18.7 Å². The first kappa shape index (κ1) is 36.5. The minimum Gasteiger partial charge on any atom is -0.481 e. The summed E-state index contributed by atoms with van der Waals surface area (Å²) in [6, 6.07) is 16.1. The van der Waals surface area contributed by atoms with Crippen LogP contribution in [0.2, 0.25) is 10.0 Å². The molecule has 2 aliphatic rings. The Hall–Kier alpha value is -4.88. The minimum absolute atomic E-state index is 0.00315. The lowest BCUT2D eigenvalue weighted by Gasteiger charge is -2.16. The van der Waals surface area contributed by atoms with Gasteiger partial charge in [-0.1, -0.05) is 59.6 Å². The number of carbonyl (C=O) groups is 2. The number of ether oxygens (including phenoxy) is 1. The number of benzene rings is 2. The maximum absolute atomic E-state index is 15.6. The Balaban J connectivity index is 1.14. The van der Waals surface area contributed by atoms with E-state index in [-0.39, 0.29) is 47.4 Å². The molecule has 2 amide bonds. The fourth-order valence-electron chi connectivity index (χ4n) is 6.95. The lowest BCUT2D eigenvalue weighted by Crippen LogP contribution is -2.36. The van der Waals surface area contributed by atoms with Gasteiger partial charge >= 0.3 is 0 Å². The summed E-state index contributed by atoms with van der Waals surface area (Å²) < 4.78 is 22.6. The Morgan fingerprint density at radius 2 is 1.42 bits per heavy atom. The summed E-state index contributed by atoms with van der Waals surface area (Å²) in [5.41, 5.74) is 5.30. The number of fused-ring (bicyclic) bond motifs is 1. The van der Waals surface area contributed by atoms with Gasteiger partial charge in [0.2, 0.25) is 17.7 Å². The molecule has 5 heterocycles. The van der Waals surface area contributed by atoms with Crippen molar-refractivity contribution in [3.8, 4) is 39.4 Å². The van der Waals surface area contributed by atoms with Gasteiger partial charge < -0.3 is 26.0 Å². The van der Waals surface area contributed by atoms with E-state index in [0.29, 0.717) is 87.4 Å². The molecule has 0 unspecified atom stereocenters. The van der Waals surface area contributed by atoms with Crippen molar-refractivity contribution in [3.05, 3.63) is 104 Å². The average Bonchev–Trinajstić information content (AvgIpc) is 3.76. The fourth-order valence-corrected chi connectivity index (χ4v) is 7.61. The normalized spacial score (nSPS) is 17.0. The molecule has 7 rings (SSSR count). The van der Waals surface area contributed by atoms with Gasteiger partial charge in [-0.2, -0.15) is 0 Å². The zero-order valence-electron chi connectivity index (χ0n) is 29.2. The third-order valence-corrected chi connectivity index (χ3v) is 10.6. The maximum atomic E-state index is 15.6. The summed E-state index contributed by atoms with van der Waals surface area (Å²) in [6.07, 6.45) is 4.20. The maximum Gasteiger partial charge on any atom is 0.262 e. The monoisotopic (exact) mass is 757 g/mol. The van der Waals surface area contributed by atoms with E-state index in [1.807, 2.05) is 49.4 Å². The third-order valence-electron chi connectivity index (χ3n) is 9.79. The van der Waals surface area contributed by atoms with Gasteiger partial charge in [0.15, 0.2) is 0 Å². The van der Waals surface area contributed by atoms with Crippen LogP contribution in [0.1, 0.15) is 42.5 Å². The Morgan fingerprint density at radius 3 is 2.02 bits per heavy atom. The summed E-state index contributed by atoms with van der Waals surface area (Å²) in [7, 11) is 1.44. The van der Waals surface area contributed by atoms with Gasteiger partial charge in [0, 0.05) is 91.3 Å². The van der Waals surface area contributed by atoms with Crippen molar-refractivity contribution in [2.45, 2.75) is 57.8 Å². The molecule has 2 aliphatic heterocycles. The molecule has 11 nitrogen and oxygen atoms in total. The lowest BCUT2D eigenvalue weighted by atomic mass is 9.97. The van der Waals surface area contributed by atoms with E-state index >= 15 is 4.39 Å². The van der Waals surface area contributed by atoms with E-state index in [9.17, 15) is 14.4 Å². The van der Waals surface area contributed by atoms with Crippen molar-refractivity contribution in [1.29, 1.82) is 0 Å². The van der Waals surface area contributed by atoms with Gasteiger partial charge in [0.1, 0.15) is 11.5 Å². The number of pyridine rings is 2. The van der Waals surface area contributed by atoms with Crippen LogP contribution < -0.4 is 31.6 Å². The first-order chi connectivity index (χ1) is 25.6. The van der Waals surface area contributed by atoms with Crippen LogP contribution in [-0.2, 0) is 22.7 Å². The molecule has 0 bridgehead atoms. The largest absolute Gasteiger partial charge is 0.481 e. The quantitative estimate of drug-likeness (QED) is 0.129. The molecule has 2 aromatic carbocycles. The minimum atomic E-state index is -0.502. The second kappa shape index (κ2) is 15.6. The number of hydrogen-bond acceptors (Lipinski definition) is 8. The predicted molar refractivity (Wildman–Crippen MR) is 203 cm³/mol. The molecule has 0 aliphatic carbocycles. The molecular formula is C39H38Cl2FN7O4. The highest BCUT2D eigenvalue weighted by Gasteiger charge is 2.23. The third kappa shape index (κ3) is 7.63. The molecule has 0 spiro atoms. The highest BCUT2D eigenvalue weighted by molar-refractivity contribution is 6.39. The number of nitrogens with zero attached hydrogens (tertiary/aromatic N) is 3. The van der Waals surface area contributed by atoms with E-state index in [1.165, 1.54) is 17.6 Å². The van der Waals surface area contributed by atoms with Crippen LogP contribution in [0.4, 0.5) is 4.39 Å². The summed E-state index contributed by atoms with van der Waals surface area (Å²) in [5, 5.41) is 13.1. The van der Waals surface area contributed by atoms with Gasteiger partial charge in [-0.25, -0.2) is 14.4 Å². The Bertz CT molecular complexity index is 2300. The van der Waals surface area contributed by atoms with Crippen LogP contribution >= 0.6 is 23.2 Å². The van der Waals surface area contributed by atoms with Gasteiger partial charge in [0.25, 0.3) is 5.56 Å². The number of methoxy groups -OCH3 is 1. The number of aromatic nitrogens is 3.